The summed E-state index contributed by atoms with van der Waals surface area (Å²) in [5.41, 5.74) is 2.23. The van der Waals surface area contributed by atoms with Crippen LogP contribution in [0.3, 0.4) is 0 Å². The van der Waals surface area contributed by atoms with Crippen LogP contribution in [0.1, 0.15) is 23.6 Å². The smallest absolute Gasteiger partial charge is 0.307 e. The van der Waals surface area contributed by atoms with Crippen LogP contribution in [-0.4, -0.2) is 24.7 Å². The average molecular weight is 314 g/mol. The maximum Gasteiger partial charge on any atom is 0.307 e. The number of aliphatic carboxylic acids is 1. The fourth-order valence-corrected chi connectivity index (χ4v) is 3.28. The van der Waals surface area contributed by atoms with E-state index < -0.39 is 5.97 Å². The van der Waals surface area contributed by atoms with Crippen molar-refractivity contribution < 1.29 is 14.6 Å². The van der Waals surface area contributed by atoms with E-state index in [2.05, 4.69) is 21.2 Å². The lowest BCUT2D eigenvalue weighted by Crippen LogP contribution is -2.17. The SMILES string of the molecule is COc1ccc(C)c(C2CC(C(=O)O)CN2)c1Br. The summed E-state index contributed by atoms with van der Waals surface area (Å²) >= 11 is 3.55. The zero-order chi connectivity index (χ0) is 13.3. The van der Waals surface area contributed by atoms with Crippen LogP contribution in [-0.2, 0) is 4.79 Å². The number of halogens is 1. The Morgan fingerprint density at radius 2 is 2.28 bits per heavy atom. The van der Waals surface area contributed by atoms with E-state index in [1.54, 1.807) is 7.11 Å². The first-order chi connectivity index (χ1) is 8.54. The molecule has 5 heteroatoms. The Morgan fingerprint density at radius 1 is 1.56 bits per heavy atom. The summed E-state index contributed by atoms with van der Waals surface area (Å²) < 4.78 is 6.19. The number of aryl methyl sites for hydroxylation is 1. The highest BCUT2D eigenvalue weighted by molar-refractivity contribution is 9.10. The maximum absolute atomic E-state index is 11.0. The minimum atomic E-state index is -0.735. The highest BCUT2D eigenvalue weighted by Gasteiger charge is 2.32. The number of hydrogen-bond donors (Lipinski definition) is 2. The maximum atomic E-state index is 11.0. The third kappa shape index (κ3) is 2.37. The predicted octanol–water partition coefficient (Wildman–Crippen LogP) is 2.50. The molecule has 0 radical (unpaired) electrons. The number of carboxylic acid groups (broad SMARTS) is 1. The minimum absolute atomic E-state index is 0.0653. The van der Waals surface area contributed by atoms with Gasteiger partial charge >= 0.3 is 5.97 Å². The van der Waals surface area contributed by atoms with Crippen molar-refractivity contribution in [1.29, 1.82) is 0 Å². The van der Waals surface area contributed by atoms with Gasteiger partial charge in [-0.3, -0.25) is 4.79 Å². The number of hydrogen-bond acceptors (Lipinski definition) is 3. The van der Waals surface area contributed by atoms with Gasteiger partial charge in [-0.05, 0) is 46.5 Å². The van der Waals surface area contributed by atoms with Crippen molar-refractivity contribution in [1.82, 2.24) is 5.32 Å². The van der Waals surface area contributed by atoms with Crippen molar-refractivity contribution in [2.75, 3.05) is 13.7 Å². The van der Waals surface area contributed by atoms with E-state index in [0.29, 0.717) is 13.0 Å². The van der Waals surface area contributed by atoms with E-state index in [0.717, 1.165) is 21.3 Å². The first kappa shape index (κ1) is 13.4. The molecule has 1 fully saturated rings. The van der Waals surface area contributed by atoms with Crippen LogP contribution in [0.25, 0.3) is 0 Å². The van der Waals surface area contributed by atoms with Crippen LogP contribution in [0, 0.1) is 12.8 Å². The third-order valence-corrected chi connectivity index (χ3v) is 4.23. The molecule has 1 aromatic carbocycles. The summed E-state index contributed by atoms with van der Waals surface area (Å²) in [7, 11) is 1.63. The Hall–Kier alpha value is -1.07. The normalized spacial score (nSPS) is 23.1. The zero-order valence-corrected chi connectivity index (χ0v) is 12.0. The van der Waals surface area contributed by atoms with Gasteiger partial charge in [-0.15, -0.1) is 0 Å². The summed E-state index contributed by atoms with van der Waals surface area (Å²) in [5, 5.41) is 12.3. The lowest BCUT2D eigenvalue weighted by atomic mass is 9.96. The molecule has 0 amide bonds. The molecular formula is C13H16BrNO3. The predicted molar refractivity (Wildman–Crippen MR) is 71.9 cm³/mol. The molecule has 1 aliphatic heterocycles. The van der Waals surface area contributed by atoms with Crippen molar-refractivity contribution in [2.24, 2.45) is 5.92 Å². The number of rotatable bonds is 3. The van der Waals surface area contributed by atoms with Crippen LogP contribution < -0.4 is 10.1 Å². The molecule has 0 spiro atoms. The molecule has 2 N–H and O–H groups in total. The van der Waals surface area contributed by atoms with Gasteiger partial charge in [0.25, 0.3) is 0 Å². The van der Waals surface area contributed by atoms with E-state index in [9.17, 15) is 4.79 Å². The highest BCUT2D eigenvalue weighted by atomic mass is 79.9. The molecule has 18 heavy (non-hydrogen) atoms. The molecule has 98 valence electrons. The number of methoxy groups -OCH3 is 1. The molecular weight excluding hydrogens is 298 g/mol. The number of benzene rings is 1. The second-order valence-corrected chi connectivity index (χ2v) is 5.34. The Balaban J connectivity index is 2.32. The quantitative estimate of drug-likeness (QED) is 0.900. The molecule has 0 aliphatic carbocycles. The monoisotopic (exact) mass is 313 g/mol. The van der Waals surface area contributed by atoms with Crippen LogP contribution in [0.2, 0.25) is 0 Å². The zero-order valence-electron chi connectivity index (χ0n) is 10.4. The summed E-state index contributed by atoms with van der Waals surface area (Å²) in [6, 6.07) is 3.97. The third-order valence-electron chi connectivity index (χ3n) is 3.41. The highest BCUT2D eigenvalue weighted by Crippen LogP contribution is 2.38. The molecule has 1 aromatic rings. The molecule has 0 bridgehead atoms. The van der Waals surface area contributed by atoms with Crippen molar-refractivity contribution in [3.63, 3.8) is 0 Å². The summed E-state index contributed by atoms with van der Waals surface area (Å²) in [5.74, 6) is -0.273. The van der Waals surface area contributed by atoms with Crippen molar-refractivity contribution in [2.45, 2.75) is 19.4 Å². The van der Waals surface area contributed by atoms with Gasteiger partial charge < -0.3 is 15.2 Å². The second kappa shape index (κ2) is 5.28. The minimum Gasteiger partial charge on any atom is -0.496 e. The molecule has 2 unspecified atom stereocenters. The fraction of sp³-hybridized carbons (Fsp3) is 0.462. The molecule has 1 saturated heterocycles. The van der Waals surface area contributed by atoms with Crippen LogP contribution in [0.15, 0.2) is 16.6 Å². The van der Waals surface area contributed by atoms with Crippen LogP contribution in [0.4, 0.5) is 0 Å². The fourth-order valence-electron chi connectivity index (χ4n) is 2.40. The summed E-state index contributed by atoms with van der Waals surface area (Å²) in [6.07, 6.45) is 0.613. The second-order valence-electron chi connectivity index (χ2n) is 4.54. The van der Waals surface area contributed by atoms with Gasteiger partial charge in [0.05, 0.1) is 17.5 Å². The molecule has 1 aliphatic rings. The first-order valence-electron chi connectivity index (χ1n) is 5.83. The van der Waals surface area contributed by atoms with Gasteiger partial charge in [-0.1, -0.05) is 6.07 Å². The van der Waals surface area contributed by atoms with E-state index in [1.807, 2.05) is 19.1 Å². The lowest BCUT2D eigenvalue weighted by molar-refractivity contribution is -0.141. The molecule has 2 atom stereocenters. The molecule has 1 heterocycles. The number of ether oxygens (including phenoxy) is 1. The van der Waals surface area contributed by atoms with E-state index >= 15 is 0 Å². The largest absolute Gasteiger partial charge is 0.496 e. The van der Waals surface area contributed by atoms with E-state index in [4.69, 9.17) is 9.84 Å². The van der Waals surface area contributed by atoms with E-state index in [-0.39, 0.29) is 12.0 Å². The number of carbonyl (C=O) groups is 1. The molecule has 2 rings (SSSR count). The molecule has 0 saturated carbocycles. The van der Waals surface area contributed by atoms with Gasteiger partial charge in [0.15, 0.2) is 0 Å². The van der Waals surface area contributed by atoms with Crippen molar-refractivity contribution in [3.05, 3.63) is 27.7 Å². The van der Waals surface area contributed by atoms with Crippen LogP contribution in [0.5, 0.6) is 5.75 Å². The first-order valence-corrected chi connectivity index (χ1v) is 6.63. The van der Waals surface area contributed by atoms with Crippen molar-refractivity contribution in [3.8, 4) is 5.75 Å². The van der Waals surface area contributed by atoms with Gasteiger partial charge in [0, 0.05) is 12.6 Å². The Morgan fingerprint density at radius 3 is 2.83 bits per heavy atom. The average Bonchev–Trinajstić information content (AvgIpc) is 2.79. The Labute approximate surface area is 114 Å². The topological polar surface area (TPSA) is 58.6 Å². The van der Waals surface area contributed by atoms with Gasteiger partial charge in [0.2, 0.25) is 0 Å². The Bertz CT molecular complexity index is 476. The van der Waals surface area contributed by atoms with Crippen LogP contribution >= 0.6 is 15.9 Å². The van der Waals surface area contributed by atoms with Gasteiger partial charge in [0.1, 0.15) is 5.75 Å². The summed E-state index contributed by atoms with van der Waals surface area (Å²) in [4.78, 5) is 11.0. The lowest BCUT2D eigenvalue weighted by Gasteiger charge is -2.18. The molecule has 4 nitrogen and oxygen atoms in total. The van der Waals surface area contributed by atoms with Gasteiger partial charge in [-0.25, -0.2) is 0 Å². The van der Waals surface area contributed by atoms with Gasteiger partial charge in [-0.2, -0.15) is 0 Å². The van der Waals surface area contributed by atoms with E-state index in [1.165, 1.54) is 0 Å². The Kier molecular flexibility index (Phi) is 3.92. The number of nitrogens with one attached hydrogen (secondary N) is 1. The number of carboxylic acids is 1. The molecule has 0 aromatic heterocycles. The van der Waals surface area contributed by atoms with Crippen molar-refractivity contribution >= 4 is 21.9 Å². The standard InChI is InChI=1S/C13H16BrNO3/c1-7-3-4-10(18-2)12(14)11(7)9-5-8(6-15-9)13(16)17/h3-4,8-9,15H,5-6H2,1-2H3,(H,16,17). The summed E-state index contributed by atoms with van der Waals surface area (Å²) in [6.45, 7) is 2.54.